The van der Waals surface area contributed by atoms with Crippen molar-refractivity contribution in [3.63, 3.8) is 0 Å². The maximum atomic E-state index is 13.1. The summed E-state index contributed by atoms with van der Waals surface area (Å²) < 4.78 is 38.7. The fourth-order valence-corrected chi connectivity index (χ4v) is 5.55. The summed E-state index contributed by atoms with van der Waals surface area (Å²) in [4.78, 5) is 27.7. The summed E-state index contributed by atoms with van der Waals surface area (Å²) in [6.07, 6.45) is 4.48. The average molecular weight is 498 g/mol. The molecule has 3 N–H and O–H groups in total. The molecule has 0 saturated carbocycles. The van der Waals surface area contributed by atoms with Crippen molar-refractivity contribution in [1.29, 1.82) is 0 Å². The number of rotatable bonds is 9. The van der Waals surface area contributed by atoms with Crippen molar-refractivity contribution in [2.75, 3.05) is 7.11 Å². The SMILES string of the molecule is COC(=O)[C@H](Cc1c[nH]c2ccccc12)NS(=O)(=O)[C@H]1C=C[C@@H](NC(=O)OCc2ccccc2)C1. The van der Waals surface area contributed by atoms with Gasteiger partial charge in [0.25, 0.3) is 0 Å². The molecule has 1 aliphatic carbocycles. The standard InChI is InChI=1S/C25H27N3O6S/c1-33-24(29)23(13-18-15-26-22-10-6-5-9-21(18)22)28-35(31,32)20-12-11-19(14-20)27-25(30)34-16-17-7-3-2-4-8-17/h2-12,15,19-20,23,26,28H,13-14,16H2,1H3,(H,27,30)/t19-,20+,23+/m1/s1. The molecular formula is C25H27N3O6S. The number of aromatic amines is 1. The van der Waals surface area contributed by atoms with Gasteiger partial charge in [-0.25, -0.2) is 17.9 Å². The second-order valence-electron chi connectivity index (χ2n) is 8.27. The van der Waals surface area contributed by atoms with Crippen molar-refractivity contribution in [3.8, 4) is 0 Å². The highest BCUT2D eigenvalue weighted by atomic mass is 32.2. The number of sulfonamides is 1. The summed E-state index contributed by atoms with van der Waals surface area (Å²) >= 11 is 0. The molecule has 0 aliphatic heterocycles. The van der Waals surface area contributed by atoms with Crippen LogP contribution in [0.2, 0.25) is 0 Å². The molecule has 2 aromatic carbocycles. The Morgan fingerprint density at radius 1 is 1.09 bits per heavy atom. The van der Waals surface area contributed by atoms with E-state index in [1.807, 2.05) is 54.6 Å². The summed E-state index contributed by atoms with van der Waals surface area (Å²) in [5.74, 6) is -0.681. The van der Waals surface area contributed by atoms with Gasteiger partial charge in [-0.15, -0.1) is 0 Å². The molecule has 10 heteroatoms. The molecule has 35 heavy (non-hydrogen) atoms. The number of H-pyrrole nitrogens is 1. The Bertz CT molecular complexity index is 1320. The Labute approximate surface area is 203 Å². The van der Waals surface area contributed by atoms with Gasteiger partial charge in [-0.1, -0.05) is 60.7 Å². The first kappa shape index (κ1) is 24.5. The highest BCUT2D eigenvalue weighted by Crippen LogP contribution is 2.22. The van der Waals surface area contributed by atoms with Gasteiger partial charge in [-0.3, -0.25) is 4.79 Å². The van der Waals surface area contributed by atoms with Crippen molar-refractivity contribution in [1.82, 2.24) is 15.0 Å². The zero-order valence-electron chi connectivity index (χ0n) is 19.1. The molecule has 3 atom stereocenters. The summed E-state index contributed by atoms with van der Waals surface area (Å²) in [5, 5.41) is 2.64. The first-order valence-corrected chi connectivity index (χ1v) is 12.7. The predicted octanol–water partition coefficient (Wildman–Crippen LogP) is 2.79. The van der Waals surface area contributed by atoms with Gasteiger partial charge in [-0.2, -0.15) is 0 Å². The van der Waals surface area contributed by atoms with E-state index in [9.17, 15) is 18.0 Å². The number of fused-ring (bicyclic) bond motifs is 1. The Kier molecular flexibility index (Phi) is 7.52. The number of hydrogen-bond donors (Lipinski definition) is 3. The van der Waals surface area contributed by atoms with Crippen LogP contribution in [-0.2, 0) is 37.3 Å². The van der Waals surface area contributed by atoms with Crippen molar-refractivity contribution in [3.05, 3.63) is 84.1 Å². The number of carbonyl (C=O) groups is 2. The monoisotopic (exact) mass is 497 g/mol. The van der Waals surface area contributed by atoms with Crippen LogP contribution < -0.4 is 10.0 Å². The van der Waals surface area contributed by atoms with E-state index in [1.54, 1.807) is 12.3 Å². The third-order valence-corrected chi connectivity index (χ3v) is 7.61. The van der Waals surface area contributed by atoms with E-state index in [2.05, 4.69) is 15.0 Å². The molecule has 0 spiro atoms. The van der Waals surface area contributed by atoms with E-state index < -0.39 is 39.4 Å². The number of para-hydroxylation sites is 1. The van der Waals surface area contributed by atoms with Gasteiger partial charge in [0, 0.05) is 23.5 Å². The zero-order valence-corrected chi connectivity index (χ0v) is 20.0. The first-order chi connectivity index (χ1) is 16.9. The zero-order chi connectivity index (χ0) is 24.8. The Balaban J connectivity index is 1.35. The number of amides is 1. The van der Waals surface area contributed by atoms with E-state index in [1.165, 1.54) is 13.2 Å². The molecule has 0 unspecified atom stereocenters. The summed E-state index contributed by atoms with van der Waals surface area (Å²) in [6.45, 7) is 0.112. The second kappa shape index (κ2) is 10.7. The molecule has 1 amide bonds. The van der Waals surface area contributed by atoms with Gasteiger partial charge in [-0.05, 0) is 23.6 Å². The number of nitrogens with one attached hydrogen (secondary N) is 3. The minimum Gasteiger partial charge on any atom is -0.468 e. The molecule has 1 aliphatic rings. The van der Waals surface area contributed by atoms with Gasteiger partial charge in [0.05, 0.1) is 18.4 Å². The molecule has 3 aromatic rings. The lowest BCUT2D eigenvalue weighted by Gasteiger charge is -2.20. The van der Waals surface area contributed by atoms with E-state index in [0.29, 0.717) is 0 Å². The van der Waals surface area contributed by atoms with Crippen LogP contribution in [0, 0.1) is 0 Å². The fourth-order valence-electron chi connectivity index (χ4n) is 4.04. The smallest absolute Gasteiger partial charge is 0.407 e. The Hall–Kier alpha value is -3.63. The van der Waals surface area contributed by atoms with E-state index in [4.69, 9.17) is 9.47 Å². The van der Waals surface area contributed by atoms with Crippen molar-refractivity contribution >= 4 is 33.0 Å². The van der Waals surface area contributed by atoms with Crippen LogP contribution in [0.3, 0.4) is 0 Å². The molecule has 184 valence electrons. The lowest BCUT2D eigenvalue weighted by Crippen LogP contribution is -2.46. The van der Waals surface area contributed by atoms with Crippen molar-refractivity contribution in [2.24, 2.45) is 0 Å². The molecule has 0 saturated heterocycles. The van der Waals surface area contributed by atoms with E-state index in [0.717, 1.165) is 22.0 Å². The maximum absolute atomic E-state index is 13.1. The van der Waals surface area contributed by atoms with E-state index in [-0.39, 0.29) is 19.4 Å². The van der Waals surface area contributed by atoms with Crippen LogP contribution in [0.5, 0.6) is 0 Å². The summed E-state index contributed by atoms with van der Waals surface area (Å²) in [5.41, 5.74) is 2.53. The van der Waals surface area contributed by atoms with Crippen LogP contribution in [0.25, 0.3) is 10.9 Å². The highest BCUT2D eigenvalue weighted by molar-refractivity contribution is 7.90. The molecule has 1 heterocycles. The minimum absolute atomic E-state index is 0.112. The van der Waals surface area contributed by atoms with Gasteiger partial charge >= 0.3 is 12.1 Å². The minimum atomic E-state index is -3.93. The molecule has 0 fully saturated rings. The van der Waals surface area contributed by atoms with Crippen LogP contribution in [-0.4, -0.2) is 49.9 Å². The number of ether oxygens (including phenoxy) is 2. The lowest BCUT2D eigenvalue weighted by molar-refractivity contribution is -0.142. The van der Waals surface area contributed by atoms with Gasteiger partial charge in [0.15, 0.2) is 0 Å². The molecule has 0 radical (unpaired) electrons. The number of aromatic nitrogens is 1. The van der Waals surface area contributed by atoms with Gasteiger partial charge in [0.2, 0.25) is 10.0 Å². The van der Waals surface area contributed by atoms with Crippen molar-refractivity contribution < 1.29 is 27.5 Å². The normalized spacial score (nSPS) is 18.3. The summed E-state index contributed by atoms with van der Waals surface area (Å²) in [7, 11) is -2.72. The number of benzene rings is 2. The summed E-state index contributed by atoms with van der Waals surface area (Å²) in [6, 6.07) is 15.2. The van der Waals surface area contributed by atoms with Gasteiger partial charge in [0.1, 0.15) is 12.6 Å². The molecule has 4 rings (SSSR count). The van der Waals surface area contributed by atoms with Crippen LogP contribution >= 0.6 is 0 Å². The molecular weight excluding hydrogens is 470 g/mol. The van der Waals surface area contributed by atoms with Crippen molar-refractivity contribution in [2.45, 2.75) is 36.8 Å². The first-order valence-electron chi connectivity index (χ1n) is 11.1. The molecule has 0 bridgehead atoms. The number of carbonyl (C=O) groups excluding carboxylic acids is 2. The molecule has 9 nitrogen and oxygen atoms in total. The fraction of sp³-hybridized carbons (Fsp3) is 0.280. The van der Waals surface area contributed by atoms with Gasteiger partial charge < -0.3 is 19.8 Å². The Morgan fingerprint density at radius 2 is 1.83 bits per heavy atom. The largest absolute Gasteiger partial charge is 0.468 e. The predicted molar refractivity (Wildman–Crippen MR) is 131 cm³/mol. The Morgan fingerprint density at radius 3 is 2.60 bits per heavy atom. The molecule has 1 aromatic heterocycles. The number of alkyl carbamates (subject to hydrolysis) is 1. The average Bonchev–Trinajstić information content (AvgIpc) is 3.50. The third kappa shape index (κ3) is 6.09. The third-order valence-electron chi connectivity index (χ3n) is 5.85. The number of methoxy groups -OCH3 is 1. The topological polar surface area (TPSA) is 127 Å². The van der Waals surface area contributed by atoms with E-state index >= 15 is 0 Å². The van der Waals surface area contributed by atoms with Crippen LogP contribution in [0.15, 0.2) is 72.9 Å². The second-order valence-corrected chi connectivity index (χ2v) is 10.2. The highest BCUT2D eigenvalue weighted by Gasteiger charge is 2.35. The lowest BCUT2D eigenvalue weighted by atomic mass is 10.1. The van der Waals surface area contributed by atoms with Crippen LogP contribution in [0.4, 0.5) is 4.79 Å². The number of hydrogen-bond acceptors (Lipinski definition) is 6. The number of esters is 1. The maximum Gasteiger partial charge on any atom is 0.407 e. The van der Waals surface area contributed by atoms with Crippen LogP contribution in [0.1, 0.15) is 17.5 Å². The quantitative estimate of drug-likeness (QED) is 0.308.